The molecule has 0 radical (unpaired) electrons. The van der Waals surface area contributed by atoms with Crippen molar-refractivity contribution in [3.8, 4) is 5.75 Å². The second-order valence-electron chi connectivity index (χ2n) is 7.70. The Morgan fingerprint density at radius 2 is 1.93 bits per heavy atom. The highest BCUT2D eigenvalue weighted by Gasteiger charge is 2.16. The van der Waals surface area contributed by atoms with Crippen LogP contribution in [0.3, 0.4) is 0 Å². The van der Waals surface area contributed by atoms with Crippen LogP contribution in [-0.2, 0) is 11.3 Å². The predicted molar refractivity (Wildman–Crippen MR) is 112 cm³/mol. The summed E-state index contributed by atoms with van der Waals surface area (Å²) in [5.74, 6) is 1.26. The number of carbonyl (C=O) groups is 1. The first-order valence-corrected chi connectivity index (χ1v) is 9.88. The van der Waals surface area contributed by atoms with Crippen LogP contribution in [0.5, 0.6) is 5.75 Å². The summed E-state index contributed by atoms with van der Waals surface area (Å²) >= 11 is 0. The van der Waals surface area contributed by atoms with Crippen LogP contribution in [0.4, 0.5) is 5.69 Å². The third-order valence-corrected chi connectivity index (χ3v) is 5.01. The third-order valence-electron chi connectivity index (χ3n) is 5.01. The molecule has 1 heterocycles. The Morgan fingerprint density at radius 1 is 1.18 bits per heavy atom. The number of nitrogens with zero attached hydrogens (tertiary/aromatic N) is 1. The molecule has 0 aliphatic carbocycles. The summed E-state index contributed by atoms with van der Waals surface area (Å²) in [5, 5.41) is 3.02. The van der Waals surface area contributed by atoms with Crippen LogP contribution >= 0.6 is 0 Å². The maximum absolute atomic E-state index is 12.8. The van der Waals surface area contributed by atoms with Crippen molar-refractivity contribution in [3.63, 3.8) is 0 Å². The number of anilines is 1. The van der Waals surface area contributed by atoms with E-state index in [9.17, 15) is 4.79 Å². The number of hydrogen-bond donors (Lipinski definition) is 1. The average molecular weight is 383 g/mol. The molecule has 2 aromatic rings. The Kier molecular flexibility index (Phi) is 7.06. The summed E-state index contributed by atoms with van der Waals surface area (Å²) in [4.78, 5) is 14.9. The maximum atomic E-state index is 12.8. The van der Waals surface area contributed by atoms with Crippen molar-refractivity contribution in [2.24, 2.45) is 5.92 Å². The third kappa shape index (κ3) is 5.57. The lowest BCUT2D eigenvalue weighted by atomic mass is 10.0. The van der Waals surface area contributed by atoms with Crippen molar-refractivity contribution < 1.29 is 14.3 Å². The molecular formula is C23H30N2O3. The lowest BCUT2D eigenvalue weighted by Gasteiger charge is -2.22. The molecular weight excluding hydrogens is 352 g/mol. The van der Waals surface area contributed by atoms with Gasteiger partial charge in [0.25, 0.3) is 5.91 Å². The van der Waals surface area contributed by atoms with Gasteiger partial charge in [-0.3, -0.25) is 4.79 Å². The first kappa shape index (κ1) is 20.4. The van der Waals surface area contributed by atoms with Crippen molar-refractivity contribution in [2.45, 2.75) is 26.3 Å². The summed E-state index contributed by atoms with van der Waals surface area (Å²) in [6.45, 7) is 5.06. The van der Waals surface area contributed by atoms with Crippen LogP contribution < -0.4 is 10.1 Å². The van der Waals surface area contributed by atoms with Gasteiger partial charge in [-0.25, -0.2) is 0 Å². The summed E-state index contributed by atoms with van der Waals surface area (Å²) in [6.07, 6.45) is 2.08. The fraction of sp³-hybridized carbons (Fsp3) is 0.435. The van der Waals surface area contributed by atoms with Crippen LogP contribution in [0.15, 0.2) is 42.5 Å². The van der Waals surface area contributed by atoms with Crippen LogP contribution in [0.2, 0.25) is 0 Å². The minimum Gasteiger partial charge on any atom is -0.493 e. The summed E-state index contributed by atoms with van der Waals surface area (Å²) in [7, 11) is 3.99. The zero-order chi connectivity index (χ0) is 19.9. The summed E-state index contributed by atoms with van der Waals surface area (Å²) < 4.78 is 11.5. The molecule has 5 nitrogen and oxygen atoms in total. The molecule has 5 heteroatoms. The Bertz CT molecular complexity index is 798. The number of nitrogens with one attached hydrogen (secondary N) is 1. The first-order chi connectivity index (χ1) is 13.5. The highest BCUT2D eigenvalue weighted by molar-refractivity contribution is 6.05. The number of hydrogen-bond acceptors (Lipinski definition) is 4. The predicted octanol–water partition coefficient (Wildman–Crippen LogP) is 4.11. The fourth-order valence-corrected chi connectivity index (χ4v) is 3.37. The lowest BCUT2D eigenvalue weighted by molar-refractivity contribution is 0.0496. The average Bonchev–Trinajstić information content (AvgIpc) is 2.69. The molecule has 0 atom stereocenters. The van der Waals surface area contributed by atoms with Gasteiger partial charge >= 0.3 is 0 Å². The Hall–Kier alpha value is -2.37. The zero-order valence-corrected chi connectivity index (χ0v) is 17.0. The van der Waals surface area contributed by atoms with E-state index in [1.807, 2.05) is 63.5 Å². The van der Waals surface area contributed by atoms with Gasteiger partial charge in [-0.1, -0.05) is 24.3 Å². The van der Waals surface area contributed by atoms with E-state index in [2.05, 4.69) is 10.2 Å². The number of rotatable bonds is 7. The molecule has 0 aromatic heterocycles. The zero-order valence-electron chi connectivity index (χ0n) is 17.0. The Morgan fingerprint density at radius 3 is 2.68 bits per heavy atom. The van der Waals surface area contributed by atoms with Crippen molar-refractivity contribution in [1.29, 1.82) is 0 Å². The first-order valence-electron chi connectivity index (χ1n) is 9.88. The quantitative estimate of drug-likeness (QED) is 0.783. The second kappa shape index (κ2) is 9.71. The molecule has 1 aliphatic heterocycles. The van der Waals surface area contributed by atoms with Gasteiger partial charge in [-0.2, -0.15) is 0 Å². The van der Waals surface area contributed by atoms with Crippen LogP contribution in [0, 0.1) is 12.8 Å². The molecule has 2 aromatic carbocycles. The minimum atomic E-state index is -0.100. The summed E-state index contributed by atoms with van der Waals surface area (Å²) in [5.41, 5.74) is 3.52. The molecule has 1 amide bonds. The van der Waals surface area contributed by atoms with E-state index in [1.54, 1.807) is 0 Å². The Balaban J connectivity index is 1.68. The molecule has 28 heavy (non-hydrogen) atoms. The molecule has 1 fully saturated rings. The van der Waals surface area contributed by atoms with Gasteiger partial charge in [-0.15, -0.1) is 0 Å². The number of benzene rings is 2. The van der Waals surface area contributed by atoms with Crippen LogP contribution in [0.25, 0.3) is 0 Å². The standard InChI is InChI=1S/C23H30N2O3/c1-17-8-9-20(14-22(17)28-16-18-10-12-27-13-11-18)24-23(26)21-7-5-4-6-19(21)15-25(2)3/h4-9,14,18H,10-13,15-16H2,1-3H3,(H,24,26). The van der Waals surface area contributed by atoms with Crippen LogP contribution in [-0.4, -0.2) is 44.7 Å². The molecule has 0 saturated carbocycles. The largest absolute Gasteiger partial charge is 0.493 e. The van der Waals surface area contributed by atoms with E-state index in [0.29, 0.717) is 18.1 Å². The topological polar surface area (TPSA) is 50.8 Å². The molecule has 0 spiro atoms. The van der Waals surface area contributed by atoms with Crippen LogP contribution in [0.1, 0.15) is 34.3 Å². The Labute approximate surface area is 167 Å². The SMILES string of the molecule is Cc1ccc(NC(=O)c2ccccc2CN(C)C)cc1OCC1CCOCC1. The van der Waals surface area contributed by atoms with Gasteiger partial charge in [-0.05, 0) is 63.0 Å². The molecule has 0 bridgehead atoms. The van der Waals surface area contributed by atoms with E-state index >= 15 is 0 Å². The molecule has 150 valence electrons. The molecule has 0 unspecified atom stereocenters. The highest BCUT2D eigenvalue weighted by Crippen LogP contribution is 2.25. The smallest absolute Gasteiger partial charge is 0.255 e. The molecule has 1 saturated heterocycles. The van der Waals surface area contributed by atoms with E-state index < -0.39 is 0 Å². The fourth-order valence-electron chi connectivity index (χ4n) is 3.37. The van der Waals surface area contributed by atoms with Gasteiger partial charge < -0.3 is 19.7 Å². The van der Waals surface area contributed by atoms with Gasteiger partial charge in [0, 0.05) is 37.1 Å². The monoisotopic (exact) mass is 382 g/mol. The van der Waals surface area contributed by atoms with Gasteiger partial charge in [0.2, 0.25) is 0 Å². The maximum Gasteiger partial charge on any atom is 0.255 e. The highest BCUT2D eigenvalue weighted by atomic mass is 16.5. The molecule has 3 rings (SSSR count). The van der Waals surface area contributed by atoms with Crippen molar-refractivity contribution >= 4 is 11.6 Å². The van der Waals surface area contributed by atoms with Crippen molar-refractivity contribution in [2.75, 3.05) is 39.2 Å². The van der Waals surface area contributed by atoms with E-state index in [4.69, 9.17) is 9.47 Å². The van der Waals surface area contributed by atoms with Gasteiger partial charge in [0.15, 0.2) is 0 Å². The van der Waals surface area contributed by atoms with E-state index in [1.165, 1.54) is 0 Å². The number of ether oxygens (including phenoxy) is 2. The molecule has 1 N–H and O–H groups in total. The number of amides is 1. The number of carbonyl (C=O) groups excluding carboxylic acids is 1. The molecule has 1 aliphatic rings. The summed E-state index contributed by atoms with van der Waals surface area (Å²) in [6, 6.07) is 13.5. The normalized spacial score (nSPS) is 14.9. The van der Waals surface area contributed by atoms with E-state index in [-0.39, 0.29) is 5.91 Å². The van der Waals surface area contributed by atoms with Crippen molar-refractivity contribution in [3.05, 3.63) is 59.2 Å². The lowest BCUT2D eigenvalue weighted by Crippen LogP contribution is -2.21. The van der Waals surface area contributed by atoms with Gasteiger partial charge in [0.1, 0.15) is 5.75 Å². The second-order valence-corrected chi connectivity index (χ2v) is 7.70. The van der Waals surface area contributed by atoms with Crippen molar-refractivity contribution in [1.82, 2.24) is 4.90 Å². The number of aryl methyl sites for hydroxylation is 1. The van der Waals surface area contributed by atoms with E-state index in [0.717, 1.165) is 55.2 Å². The van der Waals surface area contributed by atoms with Gasteiger partial charge in [0.05, 0.1) is 6.61 Å². The minimum absolute atomic E-state index is 0.100.